The molecule has 8 heteroatoms. The van der Waals surface area contributed by atoms with Crippen LogP contribution in [0, 0.1) is 0 Å². The highest BCUT2D eigenvalue weighted by molar-refractivity contribution is 5.80. The first-order chi connectivity index (χ1) is 9.06. The maximum absolute atomic E-state index is 11.2. The van der Waals surface area contributed by atoms with Crippen LogP contribution in [0.1, 0.15) is 6.42 Å². The molecule has 0 radical (unpaired) electrons. The molecule has 0 aliphatic heterocycles. The number of hydrogen-bond acceptors (Lipinski definition) is 4. The van der Waals surface area contributed by atoms with Crippen LogP contribution in [0.5, 0.6) is 0 Å². The van der Waals surface area contributed by atoms with Crippen LogP contribution in [0.2, 0.25) is 0 Å². The number of carboxylic acids is 1. The number of amides is 3. The second-order valence-electron chi connectivity index (χ2n) is 3.47. The van der Waals surface area contributed by atoms with Crippen molar-refractivity contribution in [2.24, 2.45) is 0 Å². The predicted octanol–water partition coefficient (Wildman–Crippen LogP) is -0.921. The van der Waals surface area contributed by atoms with E-state index >= 15 is 0 Å². The first-order valence-corrected chi connectivity index (χ1v) is 5.73. The lowest BCUT2D eigenvalue weighted by Gasteiger charge is -2.06. The van der Waals surface area contributed by atoms with Gasteiger partial charge in [0.25, 0.3) is 0 Å². The normalized spacial score (nSPS) is 10.2. The Morgan fingerprint density at radius 2 is 1.89 bits per heavy atom. The molecule has 0 unspecified atom stereocenters. The summed E-state index contributed by atoms with van der Waals surface area (Å²) in [5.74, 6) is -1.25. The summed E-state index contributed by atoms with van der Waals surface area (Å²) in [5.41, 5.74) is 0. The van der Waals surface area contributed by atoms with E-state index in [1.807, 2.05) is 0 Å². The molecule has 0 aliphatic rings. The highest BCUT2D eigenvalue weighted by Gasteiger charge is 2.02. The van der Waals surface area contributed by atoms with Gasteiger partial charge in [-0.25, -0.2) is 9.59 Å². The number of ether oxygens (including phenoxy) is 1. The number of carbonyl (C=O) groups excluding carboxylic acids is 2. The van der Waals surface area contributed by atoms with E-state index in [0.29, 0.717) is 13.2 Å². The Balaban J connectivity index is 3.52. The van der Waals surface area contributed by atoms with Gasteiger partial charge < -0.3 is 25.8 Å². The SMILES string of the molecule is COCCNC(=O)CCNC(=O)NC/C=C/C(=O)O. The molecule has 0 rings (SSSR count). The van der Waals surface area contributed by atoms with Crippen molar-refractivity contribution in [2.45, 2.75) is 6.42 Å². The molecule has 8 nitrogen and oxygen atoms in total. The van der Waals surface area contributed by atoms with Crippen molar-refractivity contribution in [1.82, 2.24) is 16.0 Å². The van der Waals surface area contributed by atoms with Crippen LogP contribution in [0.4, 0.5) is 4.79 Å². The summed E-state index contributed by atoms with van der Waals surface area (Å²) in [6.07, 6.45) is 2.41. The van der Waals surface area contributed by atoms with Crippen LogP contribution >= 0.6 is 0 Å². The number of rotatable bonds is 9. The zero-order chi connectivity index (χ0) is 14.5. The quantitative estimate of drug-likeness (QED) is 0.320. The third-order valence-electron chi connectivity index (χ3n) is 1.91. The number of nitrogens with one attached hydrogen (secondary N) is 3. The molecule has 0 saturated heterocycles. The average Bonchev–Trinajstić information content (AvgIpc) is 2.35. The zero-order valence-corrected chi connectivity index (χ0v) is 10.8. The minimum Gasteiger partial charge on any atom is -0.478 e. The molecule has 0 aromatic rings. The summed E-state index contributed by atoms with van der Waals surface area (Å²) in [6.45, 7) is 1.18. The molecule has 0 aliphatic carbocycles. The molecule has 0 aromatic heterocycles. The molecular weight excluding hydrogens is 254 g/mol. The molecule has 0 atom stereocenters. The van der Waals surface area contributed by atoms with Crippen LogP contribution in [0.3, 0.4) is 0 Å². The average molecular weight is 273 g/mol. The molecule has 0 heterocycles. The van der Waals surface area contributed by atoms with Crippen molar-refractivity contribution in [3.8, 4) is 0 Å². The summed E-state index contributed by atoms with van der Waals surface area (Å²) in [7, 11) is 1.54. The van der Waals surface area contributed by atoms with Crippen LogP contribution in [0.25, 0.3) is 0 Å². The summed E-state index contributed by atoms with van der Waals surface area (Å²) >= 11 is 0. The lowest BCUT2D eigenvalue weighted by atomic mass is 10.4. The molecule has 0 spiro atoms. The van der Waals surface area contributed by atoms with Gasteiger partial charge in [0.1, 0.15) is 0 Å². The van der Waals surface area contributed by atoms with E-state index in [4.69, 9.17) is 9.84 Å². The second-order valence-corrected chi connectivity index (χ2v) is 3.47. The van der Waals surface area contributed by atoms with E-state index < -0.39 is 12.0 Å². The molecule has 0 fully saturated rings. The third kappa shape index (κ3) is 12.2. The molecular formula is C11H19N3O5. The summed E-state index contributed by atoms with van der Waals surface area (Å²) in [5, 5.41) is 15.8. The first kappa shape index (κ1) is 16.9. The van der Waals surface area contributed by atoms with Crippen molar-refractivity contribution in [1.29, 1.82) is 0 Å². The van der Waals surface area contributed by atoms with Gasteiger partial charge >= 0.3 is 12.0 Å². The van der Waals surface area contributed by atoms with Gasteiger partial charge in [-0.2, -0.15) is 0 Å². The van der Waals surface area contributed by atoms with Gasteiger partial charge in [-0.1, -0.05) is 6.08 Å². The van der Waals surface area contributed by atoms with Gasteiger partial charge in [0.05, 0.1) is 6.61 Å². The van der Waals surface area contributed by atoms with Gasteiger partial charge in [0.15, 0.2) is 0 Å². The Kier molecular flexibility index (Phi) is 9.81. The molecule has 0 saturated carbocycles. The smallest absolute Gasteiger partial charge is 0.328 e. The van der Waals surface area contributed by atoms with Crippen molar-refractivity contribution >= 4 is 17.9 Å². The fraction of sp³-hybridized carbons (Fsp3) is 0.545. The summed E-state index contributed by atoms with van der Waals surface area (Å²) in [6, 6.07) is -0.459. The lowest BCUT2D eigenvalue weighted by Crippen LogP contribution is -2.38. The first-order valence-electron chi connectivity index (χ1n) is 5.73. The number of carbonyl (C=O) groups is 3. The van der Waals surface area contributed by atoms with Crippen molar-refractivity contribution in [3.63, 3.8) is 0 Å². The lowest BCUT2D eigenvalue weighted by molar-refractivity contribution is -0.131. The summed E-state index contributed by atoms with van der Waals surface area (Å²) in [4.78, 5) is 32.5. The molecule has 19 heavy (non-hydrogen) atoms. The van der Waals surface area contributed by atoms with Gasteiger partial charge in [-0.15, -0.1) is 0 Å². The predicted molar refractivity (Wildman–Crippen MR) is 67.7 cm³/mol. The highest BCUT2D eigenvalue weighted by Crippen LogP contribution is 1.78. The van der Waals surface area contributed by atoms with Crippen LogP contribution in [-0.4, -0.2) is 56.4 Å². The van der Waals surface area contributed by atoms with Crippen molar-refractivity contribution in [3.05, 3.63) is 12.2 Å². The minimum atomic E-state index is -1.07. The van der Waals surface area contributed by atoms with Gasteiger partial charge in [-0.05, 0) is 0 Å². The number of methoxy groups -OCH3 is 1. The van der Waals surface area contributed by atoms with Crippen LogP contribution < -0.4 is 16.0 Å². The van der Waals surface area contributed by atoms with Crippen LogP contribution in [0.15, 0.2) is 12.2 Å². The van der Waals surface area contributed by atoms with Crippen LogP contribution in [-0.2, 0) is 14.3 Å². The summed E-state index contributed by atoms with van der Waals surface area (Å²) < 4.78 is 4.76. The van der Waals surface area contributed by atoms with E-state index in [-0.39, 0.29) is 25.4 Å². The van der Waals surface area contributed by atoms with E-state index in [0.717, 1.165) is 6.08 Å². The van der Waals surface area contributed by atoms with Crippen molar-refractivity contribution < 1.29 is 24.2 Å². The Hall–Kier alpha value is -2.09. The topological polar surface area (TPSA) is 117 Å². The number of hydrogen-bond donors (Lipinski definition) is 4. The van der Waals surface area contributed by atoms with Gasteiger partial charge in [0, 0.05) is 39.2 Å². The number of carboxylic acid groups (broad SMARTS) is 1. The molecule has 0 bridgehead atoms. The molecule has 0 aromatic carbocycles. The molecule has 108 valence electrons. The van der Waals surface area contributed by atoms with E-state index in [9.17, 15) is 14.4 Å². The maximum Gasteiger partial charge on any atom is 0.328 e. The fourth-order valence-electron chi connectivity index (χ4n) is 1.04. The Bertz CT molecular complexity index is 330. The Labute approximate surface area is 111 Å². The zero-order valence-electron chi connectivity index (χ0n) is 10.8. The molecule has 4 N–H and O–H groups in total. The van der Waals surface area contributed by atoms with Gasteiger partial charge in [-0.3, -0.25) is 4.79 Å². The Morgan fingerprint density at radius 1 is 1.16 bits per heavy atom. The van der Waals surface area contributed by atoms with E-state index in [1.54, 1.807) is 0 Å². The number of urea groups is 1. The third-order valence-corrected chi connectivity index (χ3v) is 1.91. The monoisotopic (exact) mass is 273 g/mol. The second kappa shape index (κ2) is 11.0. The van der Waals surface area contributed by atoms with Gasteiger partial charge in [0.2, 0.25) is 5.91 Å². The maximum atomic E-state index is 11.2. The standard InChI is InChI=1S/C11H19N3O5/c1-19-8-7-12-9(15)4-6-14-11(18)13-5-2-3-10(16)17/h2-3H,4-8H2,1H3,(H,12,15)(H,16,17)(H2,13,14,18)/b3-2+. The molecule has 3 amide bonds. The Morgan fingerprint density at radius 3 is 2.53 bits per heavy atom. The number of aliphatic carboxylic acids is 1. The fourth-order valence-corrected chi connectivity index (χ4v) is 1.04. The largest absolute Gasteiger partial charge is 0.478 e. The van der Waals surface area contributed by atoms with E-state index in [2.05, 4.69) is 16.0 Å². The minimum absolute atomic E-state index is 0.109. The highest BCUT2D eigenvalue weighted by atomic mass is 16.5. The van der Waals surface area contributed by atoms with E-state index in [1.165, 1.54) is 13.2 Å². The van der Waals surface area contributed by atoms with Crippen molar-refractivity contribution in [2.75, 3.05) is 33.4 Å².